The van der Waals surface area contributed by atoms with Crippen LogP contribution in [0, 0.1) is 25.6 Å². The van der Waals surface area contributed by atoms with Crippen molar-refractivity contribution in [2.75, 3.05) is 9.96 Å². The Morgan fingerprint density at radius 2 is 1.52 bits per heavy atom. The van der Waals surface area contributed by atoms with E-state index in [2.05, 4.69) is 0 Å². The van der Waals surface area contributed by atoms with Crippen molar-refractivity contribution < 1.29 is 18.8 Å². The van der Waals surface area contributed by atoms with Gasteiger partial charge in [-0.15, -0.1) is 0 Å². The van der Waals surface area contributed by atoms with Crippen molar-refractivity contribution in [1.82, 2.24) is 0 Å². The van der Waals surface area contributed by atoms with E-state index in [-0.39, 0.29) is 17.6 Å². The van der Waals surface area contributed by atoms with Gasteiger partial charge in [-0.25, -0.2) is 14.4 Å². The summed E-state index contributed by atoms with van der Waals surface area (Å²) in [5, 5.41) is 1.61. The maximum atomic E-state index is 13.6. The summed E-state index contributed by atoms with van der Waals surface area (Å²) in [5.74, 6) is -1.80. The van der Waals surface area contributed by atoms with Crippen LogP contribution in [0.3, 0.4) is 0 Å². The van der Waals surface area contributed by atoms with E-state index in [0.717, 1.165) is 16.8 Å². The van der Waals surface area contributed by atoms with Crippen molar-refractivity contribution in [3.05, 3.63) is 95.3 Å². The van der Waals surface area contributed by atoms with Gasteiger partial charge in [-0.1, -0.05) is 36.4 Å². The predicted octanol–water partition coefficient (Wildman–Crippen LogP) is 4.49. The molecule has 156 valence electrons. The van der Waals surface area contributed by atoms with Gasteiger partial charge in [0.05, 0.1) is 17.4 Å². The Morgan fingerprint density at radius 3 is 2.19 bits per heavy atom. The summed E-state index contributed by atoms with van der Waals surface area (Å²) >= 11 is 0. The molecule has 0 bridgehead atoms. The molecule has 0 aliphatic carbocycles. The molecule has 2 amide bonds. The molecule has 6 heteroatoms. The van der Waals surface area contributed by atoms with Crippen LogP contribution in [0.4, 0.5) is 15.8 Å². The third kappa shape index (κ3) is 3.11. The average molecular weight is 416 g/mol. The molecule has 0 radical (unpaired) electrons. The molecule has 3 aromatic rings. The van der Waals surface area contributed by atoms with Gasteiger partial charge in [0.1, 0.15) is 11.7 Å². The van der Waals surface area contributed by atoms with Crippen LogP contribution >= 0.6 is 0 Å². The lowest BCUT2D eigenvalue weighted by Gasteiger charge is -2.28. The summed E-state index contributed by atoms with van der Waals surface area (Å²) in [6.45, 7) is 3.92. The van der Waals surface area contributed by atoms with E-state index in [1.54, 1.807) is 23.3 Å². The van der Waals surface area contributed by atoms with Gasteiger partial charge in [-0.2, -0.15) is 0 Å². The second-order valence-electron chi connectivity index (χ2n) is 7.99. The van der Waals surface area contributed by atoms with Gasteiger partial charge in [-0.05, 0) is 66.9 Å². The van der Waals surface area contributed by atoms with Crippen LogP contribution in [0.1, 0.15) is 22.7 Å². The van der Waals surface area contributed by atoms with Gasteiger partial charge < -0.3 is 0 Å². The molecule has 2 heterocycles. The molecule has 31 heavy (non-hydrogen) atoms. The summed E-state index contributed by atoms with van der Waals surface area (Å²) in [6, 6.07) is 20.3. The molecule has 2 aliphatic rings. The molecule has 2 aliphatic heterocycles. The van der Waals surface area contributed by atoms with E-state index in [1.165, 1.54) is 17.0 Å². The molecule has 3 aromatic carbocycles. The minimum Gasteiger partial charge on any atom is -0.273 e. The van der Waals surface area contributed by atoms with Gasteiger partial charge in [0.15, 0.2) is 6.10 Å². The number of rotatable bonds is 3. The lowest BCUT2D eigenvalue weighted by molar-refractivity contribution is -0.126. The molecule has 3 atom stereocenters. The number of hydrogen-bond donors (Lipinski definition) is 0. The van der Waals surface area contributed by atoms with Crippen molar-refractivity contribution in [2.45, 2.75) is 26.0 Å². The molecule has 0 N–H and O–H groups in total. The molecule has 0 unspecified atom stereocenters. The number of hydroxylamine groups is 1. The average Bonchev–Trinajstić information content (AvgIpc) is 3.28. The highest BCUT2D eigenvalue weighted by atomic mass is 19.1. The lowest BCUT2D eigenvalue weighted by atomic mass is 9.90. The third-order valence-corrected chi connectivity index (χ3v) is 6.09. The summed E-state index contributed by atoms with van der Waals surface area (Å²) < 4.78 is 13.6. The maximum absolute atomic E-state index is 13.6. The van der Waals surface area contributed by atoms with Gasteiger partial charge in [0, 0.05) is 0 Å². The van der Waals surface area contributed by atoms with Crippen molar-refractivity contribution in [3.63, 3.8) is 0 Å². The fourth-order valence-electron chi connectivity index (χ4n) is 4.33. The van der Waals surface area contributed by atoms with Crippen LogP contribution in [0.15, 0.2) is 72.8 Å². The number of carbonyl (C=O) groups is 2. The zero-order valence-electron chi connectivity index (χ0n) is 17.2. The molecule has 5 nitrogen and oxygen atoms in total. The Bertz CT molecular complexity index is 1160. The Hall–Kier alpha value is -3.51. The number of fused-ring (bicyclic) bond motifs is 1. The smallest absolute Gasteiger partial charge is 0.266 e. The molecular weight excluding hydrogens is 395 g/mol. The predicted molar refractivity (Wildman–Crippen MR) is 115 cm³/mol. The number of hydrogen-bond acceptors (Lipinski definition) is 4. The number of imide groups is 1. The van der Waals surface area contributed by atoms with Crippen molar-refractivity contribution in [2.24, 2.45) is 5.92 Å². The highest BCUT2D eigenvalue weighted by Gasteiger charge is 2.60. The van der Waals surface area contributed by atoms with Gasteiger partial charge in [-0.3, -0.25) is 14.4 Å². The van der Waals surface area contributed by atoms with Gasteiger partial charge >= 0.3 is 0 Å². The maximum Gasteiger partial charge on any atom is 0.266 e. The normalized spacial score (nSPS) is 22.9. The van der Waals surface area contributed by atoms with Crippen LogP contribution < -0.4 is 9.96 Å². The van der Waals surface area contributed by atoms with Crippen LogP contribution in [-0.4, -0.2) is 17.9 Å². The standard InChI is InChI=1S/C25H21FN2O3/c1-15-8-13-20(14-16(15)2)27-24(29)21-22(17-9-11-18(26)12-10-17)28(31-23(21)25(27)30)19-6-4-3-5-7-19/h3-14,21-23H,1-2H3/t21-,22+,23+/m0/s1. The molecule has 2 saturated heterocycles. The number of amides is 2. The number of halogens is 1. The molecule has 0 aromatic heterocycles. The summed E-state index contributed by atoms with van der Waals surface area (Å²) in [4.78, 5) is 34.1. The minimum absolute atomic E-state index is 0.314. The quantitative estimate of drug-likeness (QED) is 0.590. The van der Waals surface area contributed by atoms with Crippen LogP contribution in [0.2, 0.25) is 0 Å². The van der Waals surface area contributed by atoms with E-state index >= 15 is 0 Å². The first kappa shape index (κ1) is 19.5. The van der Waals surface area contributed by atoms with E-state index in [4.69, 9.17) is 4.84 Å². The zero-order chi connectivity index (χ0) is 21.7. The molecule has 5 rings (SSSR count). The number of nitrogens with zero attached hydrogens (tertiary/aromatic N) is 2. The fourth-order valence-corrected chi connectivity index (χ4v) is 4.33. The van der Waals surface area contributed by atoms with Crippen molar-refractivity contribution in [3.8, 4) is 0 Å². The van der Waals surface area contributed by atoms with Crippen LogP contribution in [0.25, 0.3) is 0 Å². The second kappa shape index (κ2) is 7.32. The molecule has 2 fully saturated rings. The molecular formula is C25H21FN2O3. The Morgan fingerprint density at radius 1 is 0.806 bits per heavy atom. The Balaban J connectivity index is 1.58. The molecule has 0 spiro atoms. The number of carbonyl (C=O) groups excluding carboxylic acids is 2. The topological polar surface area (TPSA) is 49.9 Å². The SMILES string of the molecule is Cc1ccc(N2C(=O)[C@H]3[C@@H](c4ccc(F)cc4)N(c4ccccc4)O[C@H]3C2=O)cc1C. The number of benzene rings is 3. The monoisotopic (exact) mass is 416 g/mol. The summed E-state index contributed by atoms with van der Waals surface area (Å²) in [6.07, 6.45) is -0.940. The van der Waals surface area contributed by atoms with Gasteiger partial charge in [0.25, 0.3) is 5.91 Å². The van der Waals surface area contributed by atoms with E-state index < -0.39 is 18.1 Å². The first-order valence-corrected chi connectivity index (χ1v) is 10.2. The third-order valence-electron chi connectivity index (χ3n) is 6.09. The lowest BCUT2D eigenvalue weighted by Crippen LogP contribution is -2.37. The van der Waals surface area contributed by atoms with Crippen LogP contribution in [-0.2, 0) is 14.4 Å². The summed E-state index contributed by atoms with van der Waals surface area (Å²) in [5.41, 5.74) is 4.06. The Kier molecular flexibility index (Phi) is 4.59. The first-order valence-electron chi connectivity index (χ1n) is 10.2. The highest BCUT2D eigenvalue weighted by Crippen LogP contribution is 2.47. The minimum atomic E-state index is -0.940. The summed E-state index contributed by atoms with van der Waals surface area (Å²) in [7, 11) is 0. The van der Waals surface area contributed by atoms with E-state index in [9.17, 15) is 14.0 Å². The Labute approximate surface area is 179 Å². The zero-order valence-corrected chi connectivity index (χ0v) is 17.2. The first-order chi connectivity index (χ1) is 15.0. The number of para-hydroxylation sites is 1. The van der Waals surface area contributed by atoms with E-state index in [1.807, 2.05) is 56.3 Å². The van der Waals surface area contributed by atoms with Crippen molar-refractivity contribution >= 4 is 23.2 Å². The van der Waals surface area contributed by atoms with Crippen LogP contribution in [0.5, 0.6) is 0 Å². The highest BCUT2D eigenvalue weighted by molar-refractivity contribution is 6.24. The van der Waals surface area contributed by atoms with E-state index in [0.29, 0.717) is 11.3 Å². The van der Waals surface area contributed by atoms with Crippen molar-refractivity contribution in [1.29, 1.82) is 0 Å². The van der Waals surface area contributed by atoms with Gasteiger partial charge in [0.2, 0.25) is 5.91 Å². The fraction of sp³-hybridized carbons (Fsp3) is 0.200. The second-order valence-corrected chi connectivity index (χ2v) is 7.99. The number of anilines is 2. The number of aryl methyl sites for hydroxylation is 2. The molecule has 0 saturated carbocycles. The largest absolute Gasteiger partial charge is 0.273 e.